The van der Waals surface area contributed by atoms with Crippen LogP contribution in [-0.2, 0) is 10.0 Å². The molecule has 2 rings (SSSR count). The first-order valence-electron chi connectivity index (χ1n) is 6.46. The molecule has 0 aliphatic carbocycles. The van der Waals surface area contributed by atoms with Crippen molar-refractivity contribution in [3.63, 3.8) is 0 Å². The standard InChI is InChI=1S/C14H19FN2O2S/c1-9-4-6-17(7-5-9)20(18,19)14-10(2)8-12(15)13(16)11(14)3/h4,8H,5-7,16H2,1-3H3. The zero-order chi connectivity index (χ0) is 15.1. The second-order valence-corrected chi connectivity index (χ2v) is 7.08. The Bertz CT molecular complexity index is 681. The van der Waals surface area contributed by atoms with Crippen molar-refractivity contribution in [2.45, 2.75) is 32.1 Å². The summed E-state index contributed by atoms with van der Waals surface area (Å²) < 4.78 is 40.4. The highest BCUT2D eigenvalue weighted by Crippen LogP contribution is 2.30. The molecule has 0 radical (unpaired) electrons. The van der Waals surface area contributed by atoms with Gasteiger partial charge in [0.15, 0.2) is 0 Å². The molecule has 0 fully saturated rings. The smallest absolute Gasteiger partial charge is 0.243 e. The van der Waals surface area contributed by atoms with E-state index in [1.54, 1.807) is 13.8 Å². The molecule has 0 atom stereocenters. The van der Waals surface area contributed by atoms with E-state index >= 15 is 0 Å². The Morgan fingerprint density at radius 1 is 1.30 bits per heavy atom. The molecule has 6 heteroatoms. The zero-order valence-corrected chi connectivity index (χ0v) is 12.7. The number of aryl methyl sites for hydroxylation is 1. The van der Waals surface area contributed by atoms with Gasteiger partial charge in [0.25, 0.3) is 0 Å². The summed E-state index contributed by atoms with van der Waals surface area (Å²) in [5.41, 5.74) is 7.39. The Morgan fingerprint density at radius 3 is 2.50 bits per heavy atom. The summed E-state index contributed by atoms with van der Waals surface area (Å²) in [6.07, 6.45) is 2.62. The third kappa shape index (κ3) is 2.45. The normalized spacial score (nSPS) is 17.1. The number of halogens is 1. The molecule has 1 aliphatic heterocycles. The van der Waals surface area contributed by atoms with Crippen LogP contribution >= 0.6 is 0 Å². The molecule has 20 heavy (non-hydrogen) atoms. The van der Waals surface area contributed by atoms with Gasteiger partial charge in [-0.15, -0.1) is 0 Å². The van der Waals surface area contributed by atoms with E-state index < -0.39 is 15.8 Å². The second-order valence-electron chi connectivity index (χ2n) is 5.21. The highest BCUT2D eigenvalue weighted by molar-refractivity contribution is 7.89. The maximum absolute atomic E-state index is 13.6. The Kier molecular flexibility index (Phi) is 3.88. The average molecular weight is 298 g/mol. The molecule has 0 spiro atoms. The molecule has 110 valence electrons. The second kappa shape index (κ2) is 5.18. The highest BCUT2D eigenvalue weighted by atomic mass is 32.2. The first-order valence-corrected chi connectivity index (χ1v) is 7.90. The van der Waals surface area contributed by atoms with E-state index in [0.29, 0.717) is 25.1 Å². The van der Waals surface area contributed by atoms with Gasteiger partial charge in [-0.2, -0.15) is 4.31 Å². The molecular formula is C14H19FN2O2S. The molecule has 0 saturated heterocycles. The Balaban J connectivity index is 2.53. The van der Waals surface area contributed by atoms with Gasteiger partial charge < -0.3 is 5.73 Å². The molecule has 0 amide bonds. The SMILES string of the molecule is CC1=CCN(S(=O)(=O)c2c(C)cc(F)c(N)c2C)CC1. The lowest BCUT2D eigenvalue weighted by atomic mass is 10.1. The van der Waals surface area contributed by atoms with Crippen LogP contribution in [0.15, 0.2) is 22.6 Å². The van der Waals surface area contributed by atoms with Crippen molar-refractivity contribution in [3.05, 3.63) is 34.7 Å². The molecule has 0 aromatic heterocycles. The number of rotatable bonds is 2. The van der Waals surface area contributed by atoms with Gasteiger partial charge in [-0.1, -0.05) is 11.6 Å². The molecule has 1 heterocycles. The van der Waals surface area contributed by atoms with E-state index in [1.165, 1.54) is 15.9 Å². The van der Waals surface area contributed by atoms with Crippen molar-refractivity contribution >= 4 is 15.7 Å². The maximum atomic E-state index is 13.6. The molecule has 1 aromatic rings. The van der Waals surface area contributed by atoms with Crippen molar-refractivity contribution in [1.29, 1.82) is 0 Å². The van der Waals surface area contributed by atoms with Crippen LogP contribution in [0, 0.1) is 19.7 Å². The number of benzene rings is 1. The van der Waals surface area contributed by atoms with Crippen LogP contribution in [0.4, 0.5) is 10.1 Å². The summed E-state index contributed by atoms with van der Waals surface area (Å²) in [6.45, 7) is 5.91. The molecule has 1 aliphatic rings. The number of nitrogen functional groups attached to an aromatic ring is 1. The predicted molar refractivity (Wildman–Crippen MR) is 77.4 cm³/mol. The van der Waals surface area contributed by atoms with E-state index in [4.69, 9.17) is 5.73 Å². The summed E-state index contributed by atoms with van der Waals surface area (Å²) in [5, 5.41) is 0. The summed E-state index contributed by atoms with van der Waals surface area (Å²) in [5.74, 6) is -0.576. The predicted octanol–water partition coefficient (Wildman–Crippen LogP) is 2.37. The van der Waals surface area contributed by atoms with Gasteiger partial charge in [0.1, 0.15) is 5.82 Å². The van der Waals surface area contributed by atoms with Crippen molar-refractivity contribution in [2.24, 2.45) is 0 Å². The minimum Gasteiger partial charge on any atom is -0.396 e. The van der Waals surface area contributed by atoms with Gasteiger partial charge >= 0.3 is 0 Å². The van der Waals surface area contributed by atoms with Crippen LogP contribution in [0.25, 0.3) is 0 Å². The quantitative estimate of drug-likeness (QED) is 0.673. The van der Waals surface area contributed by atoms with Crippen molar-refractivity contribution < 1.29 is 12.8 Å². The van der Waals surface area contributed by atoms with Gasteiger partial charge in [-0.05, 0) is 44.4 Å². The number of sulfonamides is 1. The van der Waals surface area contributed by atoms with Crippen molar-refractivity contribution in [2.75, 3.05) is 18.8 Å². The van der Waals surface area contributed by atoms with Crippen LogP contribution in [0.5, 0.6) is 0 Å². The number of anilines is 1. The number of hydrogen-bond donors (Lipinski definition) is 1. The van der Waals surface area contributed by atoms with Crippen LogP contribution in [0.1, 0.15) is 24.5 Å². The van der Waals surface area contributed by atoms with Crippen LogP contribution in [-0.4, -0.2) is 25.8 Å². The first-order chi connectivity index (χ1) is 9.25. The number of hydrogen-bond acceptors (Lipinski definition) is 3. The van der Waals surface area contributed by atoms with Gasteiger partial charge in [0, 0.05) is 13.1 Å². The van der Waals surface area contributed by atoms with Gasteiger partial charge in [-0.3, -0.25) is 0 Å². The molecule has 2 N–H and O–H groups in total. The molecule has 0 unspecified atom stereocenters. The van der Waals surface area contributed by atoms with E-state index in [9.17, 15) is 12.8 Å². The molecular weight excluding hydrogens is 279 g/mol. The summed E-state index contributed by atoms with van der Waals surface area (Å²) >= 11 is 0. The Hall–Kier alpha value is -1.40. The lowest BCUT2D eigenvalue weighted by molar-refractivity contribution is 0.430. The lowest BCUT2D eigenvalue weighted by Gasteiger charge is -2.26. The third-order valence-electron chi connectivity index (χ3n) is 3.70. The fourth-order valence-corrected chi connectivity index (χ4v) is 4.25. The number of nitrogens with two attached hydrogens (primary N) is 1. The third-order valence-corrected chi connectivity index (χ3v) is 5.86. The Labute approximate surface area is 119 Å². The topological polar surface area (TPSA) is 63.4 Å². The largest absolute Gasteiger partial charge is 0.396 e. The van der Waals surface area contributed by atoms with Gasteiger partial charge in [0.05, 0.1) is 10.6 Å². The first kappa shape index (κ1) is 15.0. The van der Waals surface area contributed by atoms with Crippen molar-refractivity contribution in [1.82, 2.24) is 4.31 Å². The van der Waals surface area contributed by atoms with Crippen LogP contribution in [0.2, 0.25) is 0 Å². The zero-order valence-electron chi connectivity index (χ0n) is 11.9. The minimum absolute atomic E-state index is 0.0992. The number of nitrogens with zero attached hydrogens (tertiary/aromatic N) is 1. The van der Waals surface area contributed by atoms with E-state index in [-0.39, 0.29) is 16.1 Å². The molecule has 4 nitrogen and oxygen atoms in total. The van der Waals surface area contributed by atoms with Crippen molar-refractivity contribution in [3.8, 4) is 0 Å². The molecule has 0 bridgehead atoms. The van der Waals surface area contributed by atoms with Gasteiger partial charge in [-0.25, -0.2) is 12.8 Å². The average Bonchev–Trinajstić information content (AvgIpc) is 2.36. The van der Waals surface area contributed by atoms with Gasteiger partial charge in [0.2, 0.25) is 10.0 Å². The lowest BCUT2D eigenvalue weighted by Crippen LogP contribution is -2.35. The van der Waals surface area contributed by atoms with Crippen LogP contribution in [0.3, 0.4) is 0 Å². The van der Waals surface area contributed by atoms with E-state index in [0.717, 1.165) is 0 Å². The van der Waals surface area contributed by atoms with Crippen LogP contribution < -0.4 is 5.73 Å². The summed E-state index contributed by atoms with van der Waals surface area (Å²) in [6, 6.07) is 1.18. The maximum Gasteiger partial charge on any atom is 0.243 e. The fourth-order valence-electron chi connectivity index (χ4n) is 2.43. The van der Waals surface area contributed by atoms with E-state index in [1.807, 2.05) is 13.0 Å². The monoisotopic (exact) mass is 298 g/mol. The van der Waals surface area contributed by atoms with E-state index in [2.05, 4.69) is 0 Å². The molecule has 1 aromatic carbocycles. The molecule has 0 saturated carbocycles. The minimum atomic E-state index is -3.64. The Morgan fingerprint density at radius 2 is 1.95 bits per heavy atom. The fraction of sp³-hybridized carbons (Fsp3) is 0.429. The highest BCUT2D eigenvalue weighted by Gasteiger charge is 2.29. The summed E-state index contributed by atoms with van der Waals surface area (Å²) in [7, 11) is -3.64. The summed E-state index contributed by atoms with van der Waals surface area (Å²) in [4.78, 5) is 0.129.